The monoisotopic (exact) mass is 330 g/mol. The molecule has 0 spiro atoms. The second-order valence-electron chi connectivity index (χ2n) is 6.20. The van der Waals surface area contributed by atoms with Gasteiger partial charge in [0.1, 0.15) is 0 Å². The minimum atomic E-state index is -0.209. The number of hydrogen-bond donors (Lipinski definition) is 2. The third-order valence-corrected chi connectivity index (χ3v) is 5.30. The Morgan fingerprint density at radius 2 is 2.26 bits per heavy atom. The van der Waals surface area contributed by atoms with Crippen LogP contribution in [0.25, 0.3) is 10.6 Å². The molecule has 122 valence electrons. The molecule has 5 heteroatoms. The minimum Gasteiger partial charge on any atom is -0.393 e. The Morgan fingerprint density at radius 3 is 2.96 bits per heavy atom. The van der Waals surface area contributed by atoms with Crippen molar-refractivity contribution in [3.8, 4) is 10.6 Å². The fraction of sp³-hybridized carbons (Fsp3) is 0.444. The molecule has 2 aromatic rings. The maximum Gasteiger partial charge on any atom is 0.253 e. The van der Waals surface area contributed by atoms with Gasteiger partial charge in [0.2, 0.25) is 0 Å². The third-order valence-electron chi connectivity index (χ3n) is 4.41. The molecular formula is C18H22N2O2S. The third kappa shape index (κ3) is 3.98. The first kappa shape index (κ1) is 16.1. The van der Waals surface area contributed by atoms with Crippen LogP contribution in [-0.2, 0) is 0 Å². The lowest BCUT2D eigenvalue weighted by Crippen LogP contribution is -2.33. The molecule has 1 saturated carbocycles. The van der Waals surface area contributed by atoms with Crippen LogP contribution in [0.4, 0.5) is 0 Å². The summed E-state index contributed by atoms with van der Waals surface area (Å²) >= 11 is 1.64. The molecule has 23 heavy (non-hydrogen) atoms. The molecule has 2 unspecified atom stereocenters. The van der Waals surface area contributed by atoms with Crippen LogP contribution in [0, 0.1) is 12.8 Å². The van der Waals surface area contributed by atoms with E-state index in [4.69, 9.17) is 0 Å². The summed E-state index contributed by atoms with van der Waals surface area (Å²) in [5, 5.41) is 14.7. The van der Waals surface area contributed by atoms with Crippen molar-refractivity contribution in [1.82, 2.24) is 10.3 Å². The Kier molecular flexibility index (Phi) is 5.08. The summed E-state index contributed by atoms with van der Waals surface area (Å²) in [5.41, 5.74) is 2.28. The van der Waals surface area contributed by atoms with Gasteiger partial charge < -0.3 is 10.4 Å². The first-order valence-corrected chi connectivity index (χ1v) is 8.99. The van der Waals surface area contributed by atoms with Crippen molar-refractivity contribution < 1.29 is 9.90 Å². The van der Waals surface area contributed by atoms with Gasteiger partial charge in [-0.1, -0.05) is 12.5 Å². The number of hydrogen-bond acceptors (Lipinski definition) is 4. The highest BCUT2D eigenvalue weighted by molar-refractivity contribution is 7.13. The number of rotatable bonds is 4. The summed E-state index contributed by atoms with van der Waals surface area (Å²) in [7, 11) is 0. The molecule has 0 aromatic carbocycles. The number of aliphatic hydroxyl groups excluding tert-OH is 1. The largest absolute Gasteiger partial charge is 0.393 e. The molecule has 0 aliphatic heterocycles. The molecule has 4 nitrogen and oxygen atoms in total. The van der Waals surface area contributed by atoms with Crippen LogP contribution in [0.1, 0.15) is 41.7 Å². The zero-order valence-corrected chi connectivity index (χ0v) is 14.1. The second-order valence-corrected chi connectivity index (χ2v) is 7.15. The van der Waals surface area contributed by atoms with E-state index in [9.17, 15) is 9.90 Å². The number of pyridine rings is 1. The van der Waals surface area contributed by atoms with E-state index in [1.807, 2.05) is 36.6 Å². The Morgan fingerprint density at radius 1 is 1.39 bits per heavy atom. The number of carbonyl (C=O) groups is 1. The van der Waals surface area contributed by atoms with Gasteiger partial charge in [-0.15, -0.1) is 11.3 Å². The molecule has 0 saturated heterocycles. The highest BCUT2D eigenvalue weighted by Gasteiger charge is 2.21. The topological polar surface area (TPSA) is 62.2 Å². The van der Waals surface area contributed by atoms with Crippen LogP contribution < -0.4 is 5.32 Å². The number of carbonyl (C=O) groups excluding carboxylic acids is 1. The predicted octanol–water partition coefficient (Wildman–Crippen LogP) is 3.40. The second kappa shape index (κ2) is 7.23. The molecule has 2 atom stereocenters. The first-order chi connectivity index (χ1) is 11.1. The summed E-state index contributed by atoms with van der Waals surface area (Å²) in [4.78, 5) is 18.0. The Labute approximate surface area is 140 Å². The molecular weight excluding hydrogens is 308 g/mol. The van der Waals surface area contributed by atoms with E-state index in [2.05, 4.69) is 10.3 Å². The number of nitrogens with zero attached hydrogens (tertiary/aromatic N) is 1. The van der Waals surface area contributed by atoms with E-state index in [0.717, 1.165) is 41.9 Å². The molecule has 2 heterocycles. The van der Waals surface area contributed by atoms with Gasteiger partial charge in [0.25, 0.3) is 5.91 Å². The summed E-state index contributed by atoms with van der Waals surface area (Å²) in [6, 6.07) is 7.78. The maximum absolute atomic E-state index is 12.4. The molecule has 1 amide bonds. The van der Waals surface area contributed by atoms with Gasteiger partial charge in [0, 0.05) is 6.54 Å². The fourth-order valence-corrected chi connectivity index (χ4v) is 3.84. The molecule has 2 aromatic heterocycles. The Balaban J connectivity index is 1.63. The minimum absolute atomic E-state index is 0.0761. The summed E-state index contributed by atoms with van der Waals surface area (Å²) in [6.07, 6.45) is 3.58. The Hall–Kier alpha value is -1.72. The van der Waals surface area contributed by atoms with Crippen LogP contribution in [-0.4, -0.2) is 28.6 Å². The normalized spacial score (nSPS) is 21.1. The number of amides is 1. The molecule has 1 aliphatic carbocycles. The smallest absolute Gasteiger partial charge is 0.253 e. The number of aryl methyl sites for hydroxylation is 1. The average Bonchev–Trinajstić information content (AvgIpc) is 3.07. The van der Waals surface area contributed by atoms with Crippen LogP contribution in [0.15, 0.2) is 29.6 Å². The quantitative estimate of drug-likeness (QED) is 0.903. The summed E-state index contributed by atoms with van der Waals surface area (Å²) in [5.74, 6) is 0.300. The van der Waals surface area contributed by atoms with Gasteiger partial charge in [0.05, 0.1) is 27.9 Å². The fourth-order valence-electron chi connectivity index (χ4n) is 3.14. The van der Waals surface area contributed by atoms with Gasteiger partial charge in [-0.25, -0.2) is 0 Å². The SMILES string of the molecule is Cc1nc(-c2cccs2)ccc1C(=O)NCC1CCCC(O)C1. The van der Waals surface area contributed by atoms with E-state index >= 15 is 0 Å². The number of nitrogens with one attached hydrogen (secondary N) is 1. The molecule has 3 rings (SSSR count). The highest BCUT2D eigenvalue weighted by Crippen LogP contribution is 2.25. The van der Waals surface area contributed by atoms with Crippen LogP contribution >= 0.6 is 11.3 Å². The standard InChI is InChI=1S/C18H22N2O2S/c1-12-15(7-8-16(20-12)17-6-3-9-23-17)18(22)19-11-13-4-2-5-14(21)10-13/h3,6-9,13-14,21H,2,4-5,10-11H2,1H3,(H,19,22). The number of aromatic nitrogens is 1. The molecule has 1 fully saturated rings. The van der Waals surface area contributed by atoms with Crippen molar-refractivity contribution in [2.75, 3.05) is 6.54 Å². The van der Waals surface area contributed by atoms with Crippen molar-refractivity contribution in [2.45, 2.75) is 38.7 Å². The molecule has 1 aliphatic rings. The van der Waals surface area contributed by atoms with Gasteiger partial charge in [-0.2, -0.15) is 0 Å². The number of aliphatic hydroxyl groups is 1. The Bertz CT molecular complexity index is 670. The lowest BCUT2D eigenvalue weighted by Gasteiger charge is -2.25. The van der Waals surface area contributed by atoms with E-state index < -0.39 is 0 Å². The molecule has 0 bridgehead atoms. The van der Waals surface area contributed by atoms with Gasteiger partial charge >= 0.3 is 0 Å². The zero-order valence-electron chi connectivity index (χ0n) is 13.3. The summed E-state index contributed by atoms with van der Waals surface area (Å²) < 4.78 is 0. The van der Waals surface area contributed by atoms with Gasteiger partial charge in [0.15, 0.2) is 0 Å². The first-order valence-electron chi connectivity index (χ1n) is 8.11. The van der Waals surface area contributed by atoms with Crippen molar-refractivity contribution >= 4 is 17.2 Å². The van der Waals surface area contributed by atoms with E-state index in [1.165, 1.54) is 0 Å². The molecule has 2 N–H and O–H groups in total. The van der Waals surface area contributed by atoms with Crippen LogP contribution in [0.3, 0.4) is 0 Å². The van der Waals surface area contributed by atoms with Crippen molar-refractivity contribution in [2.24, 2.45) is 5.92 Å². The van der Waals surface area contributed by atoms with Crippen molar-refractivity contribution in [3.05, 3.63) is 40.9 Å². The van der Waals surface area contributed by atoms with Crippen LogP contribution in [0.2, 0.25) is 0 Å². The maximum atomic E-state index is 12.4. The predicted molar refractivity (Wildman–Crippen MR) is 92.6 cm³/mol. The van der Waals surface area contributed by atoms with E-state index in [1.54, 1.807) is 11.3 Å². The molecule has 0 radical (unpaired) electrons. The average molecular weight is 330 g/mol. The highest BCUT2D eigenvalue weighted by atomic mass is 32.1. The van der Waals surface area contributed by atoms with Crippen molar-refractivity contribution in [3.63, 3.8) is 0 Å². The zero-order chi connectivity index (χ0) is 16.2. The lowest BCUT2D eigenvalue weighted by atomic mass is 9.87. The van der Waals surface area contributed by atoms with Crippen LogP contribution in [0.5, 0.6) is 0 Å². The van der Waals surface area contributed by atoms with Crippen molar-refractivity contribution in [1.29, 1.82) is 0 Å². The number of thiophene rings is 1. The summed E-state index contributed by atoms with van der Waals surface area (Å²) in [6.45, 7) is 2.50. The van der Waals surface area contributed by atoms with Gasteiger partial charge in [-0.3, -0.25) is 9.78 Å². The lowest BCUT2D eigenvalue weighted by molar-refractivity contribution is 0.0873. The van der Waals surface area contributed by atoms with E-state index in [0.29, 0.717) is 18.0 Å². The van der Waals surface area contributed by atoms with Gasteiger partial charge in [-0.05, 0) is 55.7 Å². The van der Waals surface area contributed by atoms with E-state index in [-0.39, 0.29) is 12.0 Å².